The molecular formula is C13H13ClN4O2S2. The van der Waals surface area contributed by atoms with Gasteiger partial charge >= 0.3 is 0 Å². The third-order valence-corrected chi connectivity index (χ3v) is 5.25. The molecule has 22 heavy (non-hydrogen) atoms. The number of nitrogens with one attached hydrogen (secondary N) is 2. The quantitative estimate of drug-likeness (QED) is 0.875. The highest BCUT2D eigenvalue weighted by Gasteiger charge is 2.21. The van der Waals surface area contributed by atoms with Crippen molar-refractivity contribution in [1.29, 1.82) is 0 Å². The van der Waals surface area contributed by atoms with Crippen molar-refractivity contribution in [3.63, 3.8) is 0 Å². The van der Waals surface area contributed by atoms with Crippen LogP contribution in [0, 0.1) is 0 Å². The monoisotopic (exact) mass is 356 g/mol. The van der Waals surface area contributed by atoms with Crippen LogP contribution in [0.15, 0.2) is 32.9 Å². The second kappa shape index (κ2) is 7.38. The number of halogens is 1. The van der Waals surface area contributed by atoms with E-state index in [-0.39, 0.29) is 11.9 Å². The Morgan fingerprint density at radius 1 is 1.55 bits per heavy atom. The normalized spacial score (nSPS) is 18.1. The number of rotatable bonds is 4. The topological polar surface area (TPSA) is 76.1 Å². The molecule has 0 saturated carbocycles. The van der Waals surface area contributed by atoms with Crippen LogP contribution in [0.5, 0.6) is 0 Å². The Balaban J connectivity index is 1.65. The van der Waals surface area contributed by atoms with Crippen molar-refractivity contribution in [2.45, 2.75) is 15.3 Å². The summed E-state index contributed by atoms with van der Waals surface area (Å²) in [6.07, 6.45) is 0. The molecule has 6 nitrogen and oxygen atoms in total. The van der Waals surface area contributed by atoms with Crippen LogP contribution in [0.25, 0.3) is 0 Å². The number of benzene rings is 1. The number of amides is 1. The number of nitrogens with zero attached hydrogens (tertiary/aromatic N) is 2. The fourth-order valence-electron chi connectivity index (χ4n) is 1.93. The Morgan fingerprint density at radius 2 is 2.45 bits per heavy atom. The lowest BCUT2D eigenvalue weighted by molar-refractivity contribution is -0.120. The maximum absolute atomic E-state index is 12.1. The van der Waals surface area contributed by atoms with Crippen molar-refractivity contribution in [3.8, 4) is 0 Å². The van der Waals surface area contributed by atoms with Gasteiger partial charge in [-0.25, -0.2) is 0 Å². The number of carbonyl (C=O) groups is 1. The molecule has 0 aliphatic carbocycles. The third-order valence-electron chi connectivity index (χ3n) is 2.97. The molecule has 0 bridgehead atoms. The van der Waals surface area contributed by atoms with Gasteiger partial charge in [0.25, 0.3) is 0 Å². The predicted molar refractivity (Wildman–Crippen MR) is 86.7 cm³/mol. The Hall–Kier alpha value is -1.19. The fourth-order valence-corrected chi connectivity index (χ4v) is 3.66. The molecule has 1 atom stereocenters. The molecule has 0 radical (unpaired) electrons. The maximum atomic E-state index is 12.1. The van der Waals surface area contributed by atoms with Crippen LogP contribution in [-0.4, -0.2) is 41.9 Å². The van der Waals surface area contributed by atoms with Crippen LogP contribution >= 0.6 is 34.7 Å². The summed E-state index contributed by atoms with van der Waals surface area (Å²) in [5, 5.41) is 14.3. The SMILES string of the molecule is O=C(Nc1ccc(Sc2nncs2)c(Cl)c1)C1COCCN1. The Kier molecular flexibility index (Phi) is 5.27. The highest BCUT2D eigenvalue weighted by Crippen LogP contribution is 2.35. The minimum atomic E-state index is -0.331. The molecular weight excluding hydrogens is 344 g/mol. The van der Waals surface area contributed by atoms with Gasteiger partial charge in [0.1, 0.15) is 11.6 Å². The van der Waals surface area contributed by atoms with Crippen LogP contribution in [-0.2, 0) is 9.53 Å². The van der Waals surface area contributed by atoms with Crippen molar-refractivity contribution in [2.75, 3.05) is 25.1 Å². The first-order chi connectivity index (χ1) is 10.7. The maximum Gasteiger partial charge on any atom is 0.243 e. The molecule has 9 heteroatoms. The number of hydrogen-bond acceptors (Lipinski definition) is 7. The van der Waals surface area contributed by atoms with Gasteiger partial charge in [-0.1, -0.05) is 34.7 Å². The second-order valence-electron chi connectivity index (χ2n) is 4.52. The molecule has 2 heterocycles. The van der Waals surface area contributed by atoms with E-state index in [0.717, 1.165) is 9.24 Å². The van der Waals surface area contributed by atoms with E-state index in [0.29, 0.717) is 30.5 Å². The van der Waals surface area contributed by atoms with E-state index in [2.05, 4.69) is 20.8 Å². The molecule has 0 spiro atoms. The Bertz CT molecular complexity index is 647. The average Bonchev–Trinajstić information content (AvgIpc) is 3.04. The smallest absolute Gasteiger partial charge is 0.243 e. The van der Waals surface area contributed by atoms with Gasteiger partial charge in [0.05, 0.1) is 18.2 Å². The van der Waals surface area contributed by atoms with Gasteiger partial charge in [0.15, 0.2) is 4.34 Å². The Morgan fingerprint density at radius 3 is 3.14 bits per heavy atom. The van der Waals surface area contributed by atoms with Gasteiger partial charge in [0.2, 0.25) is 5.91 Å². The lowest BCUT2D eigenvalue weighted by Crippen LogP contribution is -2.48. The van der Waals surface area contributed by atoms with E-state index in [1.54, 1.807) is 11.6 Å². The van der Waals surface area contributed by atoms with E-state index in [1.165, 1.54) is 23.1 Å². The summed E-state index contributed by atoms with van der Waals surface area (Å²) in [6, 6.07) is 5.07. The van der Waals surface area contributed by atoms with Crippen molar-refractivity contribution < 1.29 is 9.53 Å². The lowest BCUT2D eigenvalue weighted by Gasteiger charge is -2.23. The van der Waals surface area contributed by atoms with Gasteiger partial charge in [-0.15, -0.1) is 10.2 Å². The van der Waals surface area contributed by atoms with Crippen LogP contribution in [0.2, 0.25) is 5.02 Å². The predicted octanol–water partition coefficient (Wildman–Crippen LogP) is 2.27. The van der Waals surface area contributed by atoms with E-state index in [4.69, 9.17) is 16.3 Å². The van der Waals surface area contributed by atoms with Crippen molar-refractivity contribution in [1.82, 2.24) is 15.5 Å². The van der Waals surface area contributed by atoms with E-state index >= 15 is 0 Å². The molecule has 1 aliphatic rings. The van der Waals surface area contributed by atoms with E-state index in [1.807, 2.05) is 12.1 Å². The molecule has 1 saturated heterocycles. The van der Waals surface area contributed by atoms with Gasteiger partial charge < -0.3 is 15.4 Å². The average molecular weight is 357 g/mol. The van der Waals surface area contributed by atoms with Gasteiger partial charge in [0, 0.05) is 17.1 Å². The Labute approximate surface area is 140 Å². The minimum Gasteiger partial charge on any atom is -0.378 e. The molecule has 2 aromatic rings. The largest absolute Gasteiger partial charge is 0.378 e. The molecule has 1 fully saturated rings. The number of carbonyl (C=O) groups excluding carboxylic acids is 1. The number of hydrogen-bond donors (Lipinski definition) is 2. The minimum absolute atomic E-state index is 0.125. The lowest BCUT2D eigenvalue weighted by atomic mass is 10.2. The van der Waals surface area contributed by atoms with E-state index < -0.39 is 0 Å². The number of anilines is 1. The zero-order valence-corrected chi connectivity index (χ0v) is 13.8. The molecule has 3 rings (SSSR count). The zero-order valence-electron chi connectivity index (χ0n) is 11.4. The summed E-state index contributed by atoms with van der Waals surface area (Å²) in [7, 11) is 0. The number of morpholine rings is 1. The zero-order chi connectivity index (χ0) is 15.4. The van der Waals surface area contributed by atoms with E-state index in [9.17, 15) is 4.79 Å². The summed E-state index contributed by atoms with van der Waals surface area (Å²) in [5.74, 6) is -0.125. The van der Waals surface area contributed by atoms with Gasteiger partial charge in [-0.2, -0.15) is 0 Å². The van der Waals surface area contributed by atoms with Crippen molar-refractivity contribution in [3.05, 3.63) is 28.7 Å². The summed E-state index contributed by atoms with van der Waals surface area (Å²) < 4.78 is 6.10. The molecule has 2 N–H and O–H groups in total. The summed E-state index contributed by atoms with van der Waals surface area (Å²) in [5.41, 5.74) is 2.33. The third kappa shape index (κ3) is 3.96. The fraction of sp³-hybridized carbons (Fsp3) is 0.308. The molecule has 1 aromatic heterocycles. The highest BCUT2D eigenvalue weighted by molar-refractivity contribution is 8.01. The van der Waals surface area contributed by atoms with Gasteiger partial charge in [-0.05, 0) is 18.2 Å². The van der Waals surface area contributed by atoms with Crippen molar-refractivity contribution in [2.24, 2.45) is 0 Å². The molecule has 1 aliphatic heterocycles. The second-order valence-corrected chi connectivity index (χ2v) is 7.05. The first-order valence-corrected chi connectivity index (χ1v) is 8.65. The van der Waals surface area contributed by atoms with Gasteiger partial charge in [-0.3, -0.25) is 4.79 Å². The first kappa shape index (κ1) is 15.7. The first-order valence-electron chi connectivity index (χ1n) is 6.58. The van der Waals surface area contributed by atoms with Crippen LogP contribution in [0.1, 0.15) is 0 Å². The number of ether oxygens (including phenoxy) is 1. The molecule has 1 unspecified atom stereocenters. The summed E-state index contributed by atoms with van der Waals surface area (Å²) in [6.45, 7) is 1.69. The summed E-state index contributed by atoms with van der Waals surface area (Å²) in [4.78, 5) is 13.0. The standard InChI is InChI=1S/C13H13ClN4O2S2/c14-9-5-8(17-12(19)10-6-20-4-3-15-10)1-2-11(9)22-13-18-16-7-21-13/h1-2,5,7,10,15H,3-4,6H2,(H,17,19). The molecule has 1 aromatic carbocycles. The van der Waals surface area contributed by atoms with Crippen molar-refractivity contribution >= 4 is 46.3 Å². The molecule has 116 valence electrons. The van der Waals surface area contributed by atoms with Crippen LogP contribution < -0.4 is 10.6 Å². The van der Waals surface area contributed by atoms with Crippen LogP contribution in [0.3, 0.4) is 0 Å². The van der Waals surface area contributed by atoms with Crippen LogP contribution in [0.4, 0.5) is 5.69 Å². The highest BCUT2D eigenvalue weighted by atomic mass is 35.5. The summed E-state index contributed by atoms with van der Waals surface area (Å²) >= 11 is 9.15. The number of aromatic nitrogens is 2. The molecule has 1 amide bonds.